The van der Waals surface area contributed by atoms with E-state index in [4.69, 9.17) is 10.2 Å². The summed E-state index contributed by atoms with van der Waals surface area (Å²) in [5.74, 6) is 0.659. The van der Waals surface area contributed by atoms with Gasteiger partial charge in [0.05, 0.1) is 12.0 Å². The van der Waals surface area contributed by atoms with Crippen LogP contribution in [0, 0.1) is 30.1 Å². The molecule has 0 aliphatic carbocycles. The van der Waals surface area contributed by atoms with E-state index in [0.29, 0.717) is 5.89 Å². The fraction of sp³-hybridized carbons (Fsp3) is 0.429. The number of hydrogen-bond donors (Lipinski definition) is 1. The number of hydrogen-bond acceptors (Lipinski definition) is 4. The summed E-state index contributed by atoms with van der Waals surface area (Å²) in [7, 11) is 0. The van der Waals surface area contributed by atoms with Gasteiger partial charge in [0.1, 0.15) is 5.52 Å². The van der Waals surface area contributed by atoms with Gasteiger partial charge in [-0.3, -0.25) is 0 Å². The van der Waals surface area contributed by atoms with Crippen LogP contribution in [0.15, 0.2) is 22.6 Å². The number of aryl methyl sites for hydroxylation is 1. The molecule has 0 saturated carbocycles. The van der Waals surface area contributed by atoms with E-state index in [-0.39, 0.29) is 17.9 Å². The second kappa shape index (κ2) is 4.79. The number of nitrogens with two attached hydrogens (primary N) is 1. The van der Waals surface area contributed by atoms with Crippen molar-refractivity contribution in [3.8, 4) is 6.07 Å². The fourth-order valence-electron chi connectivity index (χ4n) is 2.12. The Kier molecular flexibility index (Phi) is 3.35. The minimum absolute atomic E-state index is 0.199. The van der Waals surface area contributed by atoms with Gasteiger partial charge in [0, 0.05) is 13.0 Å². The average Bonchev–Trinajstić information content (AvgIpc) is 2.68. The van der Waals surface area contributed by atoms with Crippen LogP contribution in [0.5, 0.6) is 0 Å². The van der Waals surface area contributed by atoms with Crippen LogP contribution < -0.4 is 5.73 Å². The van der Waals surface area contributed by atoms with Crippen LogP contribution in [0.3, 0.4) is 0 Å². The van der Waals surface area contributed by atoms with Crippen LogP contribution in [-0.4, -0.2) is 4.98 Å². The van der Waals surface area contributed by atoms with E-state index in [1.807, 2.05) is 39.0 Å². The summed E-state index contributed by atoms with van der Waals surface area (Å²) in [4.78, 5) is 4.28. The minimum atomic E-state index is -0.295. The first kappa shape index (κ1) is 12.6. The summed E-state index contributed by atoms with van der Waals surface area (Å²) < 4.78 is 5.42. The molecule has 0 radical (unpaired) electrons. The predicted octanol–water partition coefficient (Wildman–Crippen LogP) is 2.93. The molecule has 1 aromatic heterocycles. The highest BCUT2D eigenvalue weighted by Gasteiger charge is 2.23. The lowest BCUT2D eigenvalue weighted by molar-refractivity contribution is 0.404. The van der Waals surface area contributed by atoms with Gasteiger partial charge in [0.2, 0.25) is 0 Å². The molecule has 4 nitrogen and oxygen atoms in total. The molecular weight excluding hydrogens is 226 g/mol. The zero-order valence-electron chi connectivity index (χ0n) is 10.8. The van der Waals surface area contributed by atoms with Gasteiger partial charge in [-0.25, -0.2) is 4.98 Å². The molecular formula is C14H17N3O. The fourth-order valence-corrected chi connectivity index (χ4v) is 2.12. The monoisotopic (exact) mass is 243 g/mol. The molecule has 2 atom stereocenters. The molecule has 0 aliphatic rings. The third-order valence-corrected chi connectivity index (χ3v) is 3.16. The van der Waals surface area contributed by atoms with Crippen molar-refractivity contribution in [1.29, 1.82) is 5.26 Å². The van der Waals surface area contributed by atoms with Crippen molar-refractivity contribution in [2.75, 3.05) is 0 Å². The summed E-state index contributed by atoms with van der Waals surface area (Å²) in [6.45, 7) is 5.82. The van der Waals surface area contributed by atoms with Gasteiger partial charge < -0.3 is 10.2 Å². The second-order valence-corrected chi connectivity index (χ2v) is 4.88. The van der Waals surface area contributed by atoms with E-state index < -0.39 is 0 Å². The first-order valence-electron chi connectivity index (χ1n) is 6.05. The standard InChI is InChI=1S/C14H17N3O/c1-8(2)11(7-15)14(16)10-4-5-13-12(6-10)17-9(3)18-13/h4-6,8,11,14H,16H2,1-3H3. The normalized spacial score (nSPS) is 14.7. The van der Waals surface area contributed by atoms with Crippen molar-refractivity contribution in [2.45, 2.75) is 26.8 Å². The zero-order valence-corrected chi connectivity index (χ0v) is 10.8. The molecule has 2 N–H and O–H groups in total. The van der Waals surface area contributed by atoms with Gasteiger partial charge in [-0.05, 0) is 23.6 Å². The third-order valence-electron chi connectivity index (χ3n) is 3.16. The molecule has 0 amide bonds. The average molecular weight is 243 g/mol. The summed E-state index contributed by atoms with van der Waals surface area (Å²) in [5.41, 5.74) is 8.64. The second-order valence-electron chi connectivity index (χ2n) is 4.88. The summed E-state index contributed by atoms with van der Waals surface area (Å²) in [6, 6.07) is 7.66. The Morgan fingerprint density at radius 2 is 2.11 bits per heavy atom. The summed E-state index contributed by atoms with van der Waals surface area (Å²) in [6.07, 6.45) is 0. The number of aromatic nitrogens is 1. The Hall–Kier alpha value is -1.86. The van der Waals surface area contributed by atoms with E-state index in [0.717, 1.165) is 16.7 Å². The lowest BCUT2D eigenvalue weighted by atomic mass is 9.86. The molecule has 2 unspecified atom stereocenters. The molecule has 0 spiro atoms. The van der Waals surface area contributed by atoms with Gasteiger partial charge in [0.15, 0.2) is 11.5 Å². The Balaban J connectivity index is 2.38. The topological polar surface area (TPSA) is 75.8 Å². The number of nitriles is 1. The highest BCUT2D eigenvalue weighted by atomic mass is 16.3. The van der Waals surface area contributed by atoms with E-state index in [9.17, 15) is 5.26 Å². The summed E-state index contributed by atoms with van der Waals surface area (Å²) in [5, 5.41) is 9.18. The van der Waals surface area contributed by atoms with Crippen LogP contribution in [0.2, 0.25) is 0 Å². The molecule has 94 valence electrons. The van der Waals surface area contributed by atoms with Crippen LogP contribution in [0.25, 0.3) is 11.1 Å². The Morgan fingerprint density at radius 3 is 2.72 bits per heavy atom. The maximum atomic E-state index is 9.18. The summed E-state index contributed by atoms with van der Waals surface area (Å²) >= 11 is 0. The van der Waals surface area contributed by atoms with Crippen molar-refractivity contribution in [2.24, 2.45) is 17.6 Å². The quantitative estimate of drug-likeness (QED) is 0.899. The zero-order chi connectivity index (χ0) is 13.3. The first-order valence-corrected chi connectivity index (χ1v) is 6.05. The Labute approximate surface area is 106 Å². The van der Waals surface area contributed by atoms with E-state index in [1.165, 1.54) is 0 Å². The highest BCUT2D eigenvalue weighted by molar-refractivity contribution is 5.73. The van der Waals surface area contributed by atoms with Crippen LogP contribution in [0.1, 0.15) is 31.3 Å². The molecule has 2 aromatic rings. The number of benzene rings is 1. The van der Waals surface area contributed by atoms with E-state index >= 15 is 0 Å². The maximum absolute atomic E-state index is 9.18. The Bertz CT molecular complexity index is 595. The largest absolute Gasteiger partial charge is 0.441 e. The smallest absolute Gasteiger partial charge is 0.192 e. The molecule has 0 aliphatic heterocycles. The molecule has 0 saturated heterocycles. The molecule has 1 aromatic carbocycles. The van der Waals surface area contributed by atoms with Crippen LogP contribution in [0.4, 0.5) is 0 Å². The maximum Gasteiger partial charge on any atom is 0.192 e. The van der Waals surface area contributed by atoms with Gasteiger partial charge in [-0.1, -0.05) is 19.9 Å². The predicted molar refractivity (Wildman–Crippen MR) is 69.6 cm³/mol. The molecule has 1 heterocycles. The van der Waals surface area contributed by atoms with Gasteiger partial charge >= 0.3 is 0 Å². The van der Waals surface area contributed by atoms with E-state index in [1.54, 1.807) is 0 Å². The molecule has 18 heavy (non-hydrogen) atoms. The van der Waals surface area contributed by atoms with Crippen molar-refractivity contribution >= 4 is 11.1 Å². The SMILES string of the molecule is Cc1nc2cc(C(N)C(C#N)C(C)C)ccc2o1. The van der Waals surface area contributed by atoms with Crippen molar-refractivity contribution in [3.63, 3.8) is 0 Å². The number of fused-ring (bicyclic) bond motifs is 1. The third kappa shape index (κ3) is 2.22. The lowest BCUT2D eigenvalue weighted by Crippen LogP contribution is -2.24. The van der Waals surface area contributed by atoms with Crippen molar-refractivity contribution in [1.82, 2.24) is 4.98 Å². The van der Waals surface area contributed by atoms with Crippen LogP contribution in [-0.2, 0) is 0 Å². The van der Waals surface area contributed by atoms with Gasteiger partial charge in [0.25, 0.3) is 0 Å². The van der Waals surface area contributed by atoms with Crippen LogP contribution >= 0.6 is 0 Å². The van der Waals surface area contributed by atoms with Crippen molar-refractivity contribution < 1.29 is 4.42 Å². The highest BCUT2D eigenvalue weighted by Crippen LogP contribution is 2.27. The molecule has 4 heteroatoms. The molecule has 0 bridgehead atoms. The minimum Gasteiger partial charge on any atom is -0.441 e. The first-order chi connectivity index (χ1) is 8.52. The number of rotatable bonds is 3. The van der Waals surface area contributed by atoms with E-state index in [2.05, 4.69) is 11.1 Å². The number of nitrogens with zero attached hydrogens (tertiary/aromatic N) is 2. The lowest BCUT2D eigenvalue weighted by Gasteiger charge is -2.21. The Morgan fingerprint density at radius 1 is 1.39 bits per heavy atom. The molecule has 2 rings (SSSR count). The van der Waals surface area contributed by atoms with Gasteiger partial charge in [-0.15, -0.1) is 0 Å². The number of oxazole rings is 1. The molecule has 0 fully saturated rings. The van der Waals surface area contributed by atoms with Crippen molar-refractivity contribution in [3.05, 3.63) is 29.7 Å². The van der Waals surface area contributed by atoms with Gasteiger partial charge in [-0.2, -0.15) is 5.26 Å².